The molecule has 0 saturated heterocycles. The highest BCUT2D eigenvalue weighted by molar-refractivity contribution is 9.10. The van der Waals surface area contributed by atoms with Crippen LogP contribution in [0.3, 0.4) is 0 Å². The summed E-state index contributed by atoms with van der Waals surface area (Å²) in [5, 5.41) is 2.56. The van der Waals surface area contributed by atoms with Crippen molar-refractivity contribution >= 4 is 39.9 Å². The van der Waals surface area contributed by atoms with Crippen LogP contribution in [0.4, 0.5) is 10.1 Å². The third-order valence-electron chi connectivity index (χ3n) is 2.77. The summed E-state index contributed by atoms with van der Waals surface area (Å²) < 4.78 is 13.6. The van der Waals surface area contributed by atoms with Gasteiger partial charge in [0.2, 0.25) is 6.41 Å². The first-order chi connectivity index (χ1) is 10.1. The summed E-state index contributed by atoms with van der Waals surface area (Å²) in [5.74, 6) is -0.632. The van der Waals surface area contributed by atoms with Crippen molar-refractivity contribution in [2.45, 2.75) is 0 Å². The number of ketones is 1. The minimum Gasteiger partial charge on any atom is -0.328 e. The quantitative estimate of drug-likeness (QED) is 0.503. The molecule has 0 radical (unpaired) electrons. The highest BCUT2D eigenvalue weighted by atomic mass is 79.9. The summed E-state index contributed by atoms with van der Waals surface area (Å²) in [6.07, 6.45) is 3.55. The Morgan fingerprint density at radius 1 is 1.14 bits per heavy atom. The Kier molecular flexibility index (Phi) is 5.00. The van der Waals surface area contributed by atoms with Crippen LogP contribution >= 0.6 is 15.9 Å². The van der Waals surface area contributed by atoms with Gasteiger partial charge in [-0.25, -0.2) is 4.39 Å². The van der Waals surface area contributed by atoms with E-state index in [9.17, 15) is 14.0 Å². The zero-order valence-electron chi connectivity index (χ0n) is 10.8. The van der Waals surface area contributed by atoms with Crippen molar-refractivity contribution in [2.24, 2.45) is 0 Å². The standard InChI is InChI=1S/C16H11BrFNO2/c17-13-4-7-15(19-10-20)12(9-13)3-8-16(21)11-1-5-14(18)6-2-11/h1-10H,(H,19,20)/b8-3+. The van der Waals surface area contributed by atoms with Crippen molar-refractivity contribution in [3.63, 3.8) is 0 Å². The fourth-order valence-electron chi connectivity index (χ4n) is 1.74. The number of nitrogens with one attached hydrogen (secondary N) is 1. The van der Waals surface area contributed by atoms with Crippen molar-refractivity contribution in [1.82, 2.24) is 0 Å². The Labute approximate surface area is 129 Å². The molecule has 0 bridgehead atoms. The number of hydrogen-bond acceptors (Lipinski definition) is 2. The molecule has 0 fully saturated rings. The average Bonchev–Trinajstić information content (AvgIpc) is 2.48. The topological polar surface area (TPSA) is 46.2 Å². The second kappa shape index (κ2) is 6.95. The number of allylic oxidation sites excluding steroid dienone is 1. The lowest BCUT2D eigenvalue weighted by molar-refractivity contribution is -0.105. The molecule has 0 aliphatic carbocycles. The van der Waals surface area contributed by atoms with Gasteiger partial charge in [-0.3, -0.25) is 9.59 Å². The summed E-state index contributed by atoms with van der Waals surface area (Å²) in [6, 6.07) is 10.6. The predicted molar refractivity (Wildman–Crippen MR) is 83.6 cm³/mol. The largest absolute Gasteiger partial charge is 0.328 e. The Bertz CT molecular complexity index is 696. The zero-order valence-corrected chi connectivity index (χ0v) is 12.4. The number of carbonyl (C=O) groups excluding carboxylic acids is 2. The van der Waals surface area contributed by atoms with E-state index < -0.39 is 0 Å². The molecule has 1 N–H and O–H groups in total. The number of halogens is 2. The van der Waals surface area contributed by atoms with Crippen LogP contribution in [-0.2, 0) is 4.79 Å². The highest BCUT2D eigenvalue weighted by Gasteiger charge is 2.04. The Balaban J connectivity index is 2.24. The van der Waals surface area contributed by atoms with E-state index in [1.165, 1.54) is 30.3 Å². The molecule has 21 heavy (non-hydrogen) atoms. The molecule has 0 spiro atoms. The van der Waals surface area contributed by atoms with E-state index in [0.29, 0.717) is 23.2 Å². The minimum atomic E-state index is -0.389. The van der Waals surface area contributed by atoms with Crippen LogP contribution in [0.2, 0.25) is 0 Å². The maximum atomic E-state index is 12.8. The van der Waals surface area contributed by atoms with E-state index in [-0.39, 0.29) is 11.6 Å². The van der Waals surface area contributed by atoms with Gasteiger partial charge in [0.25, 0.3) is 0 Å². The summed E-state index contributed by atoms with van der Waals surface area (Å²) in [7, 11) is 0. The molecule has 0 unspecified atom stereocenters. The van der Waals surface area contributed by atoms with Gasteiger partial charge in [0, 0.05) is 15.7 Å². The normalized spacial score (nSPS) is 10.6. The molecule has 0 aromatic heterocycles. The molecule has 0 aliphatic rings. The van der Waals surface area contributed by atoms with Gasteiger partial charge in [-0.15, -0.1) is 0 Å². The fourth-order valence-corrected chi connectivity index (χ4v) is 2.12. The van der Waals surface area contributed by atoms with Crippen molar-refractivity contribution in [1.29, 1.82) is 0 Å². The first kappa shape index (κ1) is 15.1. The van der Waals surface area contributed by atoms with Gasteiger partial charge in [0.05, 0.1) is 0 Å². The van der Waals surface area contributed by atoms with E-state index in [1.54, 1.807) is 24.3 Å². The van der Waals surface area contributed by atoms with Gasteiger partial charge in [0.1, 0.15) is 5.82 Å². The predicted octanol–water partition coefficient (Wildman–Crippen LogP) is 4.05. The Hall–Kier alpha value is -2.27. The number of amides is 1. The van der Waals surface area contributed by atoms with E-state index in [0.717, 1.165) is 4.47 Å². The molecule has 2 aromatic rings. The van der Waals surface area contributed by atoms with Crippen molar-refractivity contribution in [3.8, 4) is 0 Å². The van der Waals surface area contributed by atoms with Gasteiger partial charge in [-0.1, -0.05) is 15.9 Å². The van der Waals surface area contributed by atoms with Gasteiger partial charge < -0.3 is 5.32 Å². The lowest BCUT2D eigenvalue weighted by Gasteiger charge is -2.04. The van der Waals surface area contributed by atoms with Crippen molar-refractivity contribution in [3.05, 3.63) is 70.0 Å². The molecular formula is C16H11BrFNO2. The van der Waals surface area contributed by atoms with Crippen LogP contribution in [0.5, 0.6) is 0 Å². The molecule has 3 nitrogen and oxygen atoms in total. The Morgan fingerprint density at radius 2 is 1.86 bits per heavy atom. The maximum absolute atomic E-state index is 12.8. The van der Waals surface area contributed by atoms with Crippen LogP contribution in [0.1, 0.15) is 15.9 Å². The van der Waals surface area contributed by atoms with E-state index in [1.807, 2.05) is 0 Å². The van der Waals surface area contributed by atoms with Gasteiger partial charge in [-0.05, 0) is 60.2 Å². The Morgan fingerprint density at radius 3 is 2.52 bits per heavy atom. The zero-order chi connectivity index (χ0) is 15.2. The van der Waals surface area contributed by atoms with Crippen LogP contribution in [-0.4, -0.2) is 12.2 Å². The van der Waals surface area contributed by atoms with Gasteiger partial charge in [0.15, 0.2) is 5.78 Å². The smallest absolute Gasteiger partial charge is 0.211 e. The molecule has 0 atom stereocenters. The van der Waals surface area contributed by atoms with Crippen LogP contribution in [0.25, 0.3) is 6.08 Å². The molecule has 0 saturated carbocycles. The highest BCUT2D eigenvalue weighted by Crippen LogP contribution is 2.22. The number of hydrogen-bond donors (Lipinski definition) is 1. The van der Waals surface area contributed by atoms with E-state index in [4.69, 9.17) is 0 Å². The fraction of sp³-hybridized carbons (Fsp3) is 0. The van der Waals surface area contributed by atoms with Crippen LogP contribution < -0.4 is 5.32 Å². The first-order valence-electron chi connectivity index (χ1n) is 6.08. The second-order valence-corrected chi connectivity index (χ2v) is 5.11. The molecule has 5 heteroatoms. The van der Waals surface area contributed by atoms with E-state index >= 15 is 0 Å². The lowest BCUT2D eigenvalue weighted by Crippen LogP contribution is -1.97. The lowest BCUT2D eigenvalue weighted by atomic mass is 10.1. The number of benzene rings is 2. The molecule has 0 aliphatic heterocycles. The number of anilines is 1. The minimum absolute atomic E-state index is 0.243. The monoisotopic (exact) mass is 347 g/mol. The molecule has 2 aromatic carbocycles. The molecule has 1 amide bonds. The van der Waals surface area contributed by atoms with E-state index in [2.05, 4.69) is 21.2 Å². The summed E-state index contributed by atoms with van der Waals surface area (Å²) in [4.78, 5) is 22.5. The average molecular weight is 348 g/mol. The van der Waals surface area contributed by atoms with Crippen molar-refractivity contribution < 1.29 is 14.0 Å². The third-order valence-corrected chi connectivity index (χ3v) is 3.26. The third kappa shape index (κ3) is 4.10. The van der Waals surface area contributed by atoms with Gasteiger partial charge in [-0.2, -0.15) is 0 Å². The van der Waals surface area contributed by atoms with Crippen LogP contribution in [0, 0.1) is 5.82 Å². The summed E-state index contributed by atoms with van der Waals surface area (Å²) >= 11 is 3.33. The number of carbonyl (C=O) groups is 2. The summed E-state index contributed by atoms with van der Waals surface area (Å²) in [6.45, 7) is 0. The maximum Gasteiger partial charge on any atom is 0.211 e. The molecular weight excluding hydrogens is 337 g/mol. The van der Waals surface area contributed by atoms with Crippen LogP contribution in [0.15, 0.2) is 53.0 Å². The number of rotatable bonds is 5. The first-order valence-corrected chi connectivity index (χ1v) is 6.87. The van der Waals surface area contributed by atoms with Gasteiger partial charge >= 0.3 is 0 Å². The second-order valence-electron chi connectivity index (χ2n) is 4.20. The molecule has 2 rings (SSSR count). The molecule has 0 heterocycles. The van der Waals surface area contributed by atoms with Crippen molar-refractivity contribution in [2.75, 3.05) is 5.32 Å². The SMILES string of the molecule is O=CNc1ccc(Br)cc1/C=C/C(=O)c1ccc(F)cc1. The molecule has 106 valence electrons. The summed E-state index contributed by atoms with van der Waals surface area (Å²) in [5.41, 5.74) is 1.68.